The van der Waals surface area contributed by atoms with Crippen molar-refractivity contribution in [1.29, 1.82) is 0 Å². The fourth-order valence-corrected chi connectivity index (χ4v) is 4.00. The highest BCUT2D eigenvalue weighted by atomic mass is 16.5. The van der Waals surface area contributed by atoms with E-state index < -0.39 is 5.97 Å². The molecular weight excluding hydrogens is 448 g/mol. The molecule has 35 heavy (non-hydrogen) atoms. The Hall–Kier alpha value is -4.46. The van der Waals surface area contributed by atoms with Crippen LogP contribution in [-0.2, 0) is 17.8 Å². The number of carbonyl (C=O) groups is 4. The van der Waals surface area contributed by atoms with Crippen LogP contribution in [0.5, 0.6) is 5.75 Å². The molecule has 3 aromatic rings. The number of fused-ring (bicyclic) bond motifs is 1. The highest BCUT2D eigenvalue weighted by molar-refractivity contribution is 6.21. The van der Waals surface area contributed by atoms with Gasteiger partial charge in [0, 0.05) is 13.6 Å². The van der Waals surface area contributed by atoms with Crippen LogP contribution < -0.4 is 4.74 Å². The summed E-state index contributed by atoms with van der Waals surface area (Å²) in [6.45, 7) is 0.335. The minimum Gasteiger partial charge on any atom is -0.496 e. The molecule has 0 atom stereocenters. The fourth-order valence-electron chi connectivity index (χ4n) is 4.00. The van der Waals surface area contributed by atoms with E-state index in [1.54, 1.807) is 73.8 Å². The summed E-state index contributed by atoms with van der Waals surface area (Å²) in [5, 5.41) is 0. The maximum atomic E-state index is 13.3. The van der Waals surface area contributed by atoms with Crippen molar-refractivity contribution in [3.8, 4) is 5.75 Å². The Balaban J connectivity index is 1.52. The third kappa shape index (κ3) is 4.63. The number of methoxy groups -OCH3 is 2. The average molecular weight is 472 g/mol. The third-order valence-electron chi connectivity index (χ3n) is 5.85. The molecule has 8 heteroatoms. The molecule has 0 bridgehead atoms. The van der Waals surface area contributed by atoms with Crippen LogP contribution >= 0.6 is 0 Å². The lowest BCUT2D eigenvalue weighted by Crippen LogP contribution is -2.30. The first-order valence-corrected chi connectivity index (χ1v) is 10.9. The van der Waals surface area contributed by atoms with Crippen molar-refractivity contribution in [3.05, 3.63) is 100 Å². The van der Waals surface area contributed by atoms with Gasteiger partial charge in [-0.25, -0.2) is 4.79 Å². The number of nitrogens with zero attached hydrogens (tertiary/aromatic N) is 2. The molecule has 3 aromatic carbocycles. The van der Waals surface area contributed by atoms with Gasteiger partial charge in [-0.1, -0.05) is 30.3 Å². The molecule has 0 aromatic heterocycles. The highest BCUT2D eigenvalue weighted by Gasteiger charge is 2.35. The Morgan fingerprint density at radius 2 is 1.46 bits per heavy atom. The average Bonchev–Trinajstić information content (AvgIpc) is 3.13. The molecule has 0 spiro atoms. The first kappa shape index (κ1) is 23.7. The number of ether oxygens (including phenoxy) is 2. The van der Waals surface area contributed by atoms with Crippen LogP contribution in [0.4, 0.5) is 0 Å². The molecule has 1 aliphatic rings. The number of rotatable bonds is 7. The van der Waals surface area contributed by atoms with E-state index >= 15 is 0 Å². The van der Waals surface area contributed by atoms with E-state index in [1.807, 2.05) is 0 Å². The largest absolute Gasteiger partial charge is 0.496 e. The number of esters is 1. The summed E-state index contributed by atoms with van der Waals surface area (Å²) in [7, 11) is 4.45. The fraction of sp³-hybridized carbons (Fsp3) is 0.185. The molecule has 8 nitrogen and oxygen atoms in total. The monoisotopic (exact) mass is 472 g/mol. The molecule has 178 valence electrons. The third-order valence-corrected chi connectivity index (χ3v) is 5.85. The molecule has 0 aliphatic carbocycles. The van der Waals surface area contributed by atoms with Gasteiger partial charge in [0.1, 0.15) is 5.75 Å². The quantitative estimate of drug-likeness (QED) is 0.386. The number of hydrogen-bond donors (Lipinski definition) is 0. The molecule has 3 amide bonds. The van der Waals surface area contributed by atoms with Crippen LogP contribution in [0.2, 0.25) is 0 Å². The highest BCUT2D eigenvalue weighted by Crippen LogP contribution is 2.27. The van der Waals surface area contributed by atoms with E-state index in [9.17, 15) is 19.2 Å². The molecule has 0 saturated carbocycles. The van der Waals surface area contributed by atoms with Crippen molar-refractivity contribution in [2.45, 2.75) is 13.1 Å². The number of imide groups is 1. The molecule has 0 N–H and O–H groups in total. The zero-order valence-corrected chi connectivity index (χ0v) is 19.6. The van der Waals surface area contributed by atoms with Gasteiger partial charge in [-0.2, -0.15) is 0 Å². The summed E-state index contributed by atoms with van der Waals surface area (Å²) in [5.41, 5.74) is 2.94. The Bertz CT molecular complexity index is 1280. The zero-order valence-electron chi connectivity index (χ0n) is 19.6. The first-order chi connectivity index (χ1) is 16.8. The van der Waals surface area contributed by atoms with E-state index in [2.05, 4.69) is 0 Å². The molecular formula is C27H24N2O6. The van der Waals surface area contributed by atoms with Crippen molar-refractivity contribution in [2.24, 2.45) is 0 Å². The van der Waals surface area contributed by atoms with Crippen molar-refractivity contribution < 1.29 is 28.7 Å². The van der Waals surface area contributed by atoms with Crippen LogP contribution in [0.3, 0.4) is 0 Å². The summed E-state index contributed by atoms with van der Waals surface area (Å²) in [5.74, 6) is -1.05. The molecule has 0 saturated heterocycles. The number of carbonyl (C=O) groups excluding carboxylic acids is 4. The summed E-state index contributed by atoms with van der Waals surface area (Å²) in [6.07, 6.45) is 0. The second-order valence-electron chi connectivity index (χ2n) is 8.13. The molecule has 4 rings (SSSR count). The van der Waals surface area contributed by atoms with Gasteiger partial charge < -0.3 is 14.4 Å². The van der Waals surface area contributed by atoms with Gasteiger partial charge in [-0.05, 0) is 47.5 Å². The number of benzene rings is 3. The van der Waals surface area contributed by atoms with Crippen LogP contribution in [0.15, 0.2) is 66.7 Å². The summed E-state index contributed by atoms with van der Waals surface area (Å²) < 4.78 is 10.1. The van der Waals surface area contributed by atoms with E-state index in [0.29, 0.717) is 40.1 Å². The Kier molecular flexibility index (Phi) is 6.64. The maximum Gasteiger partial charge on any atom is 0.337 e. The smallest absolute Gasteiger partial charge is 0.337 e. The van der Waals surface area contributed by atoms with Gasteiger partial charge >= 0.3 is 5.97 Å². The van der Waals surface area contributed by atoms with Crippen LogP contribution in [0.1, 0.15) is 52.6 Å². The SMILES string of the molecule is COC(=O)c1ccc(CN(C)C(=O)c2cc(CN3C(=O)c4ccccc4C3=O)ccc2OC)cc1. The molecule has 0 unspecified atom stereocenters. The van der Waals surface area contributed by atoms with Gasteiger partial charge in [0.25, 0.3) is 17.7 Å². The lowest BCUT2D eigenvalue weighted by Gasteiger charge is -2.20. The molecule has 1 heterocycles. The standard InChI is InChI=1S/C27H24N2O6/c1-28(15-17-8-11-19(12-9-17)27(33)35-3)24(30)22-14-18(10-13-23(22)34-2)16-29-25(31)20-6-4-5-7-21(20)26(29)32/h4-14H,15-16H2,1-3H3. The Labute approximate surface area is 202 Å². The van der Waals surface area contributed by atoms with Crippen LogP contribution in [0.25, 0.3) is 0 Å². The predicted molar refractivity (Wildman–Crippen MR) is 127 cm³/mol. The second-order valence-corrected chi connectivity index (χ2v) is 8.13. The van der Waals surface area contributed by atoms with E-state index in [-0.39, 0.29) is 24.3 Å². The van der Waals surface area contributed by atoms with E-state index in [1.165, 1.54) is 24.0 Å². The van der Waals surface area contributed by atoms with E-state index in [4.69, 9.17) is 9.47 Å². The maximum absolute atomic E-state index is 13.3. The number of hydrogen-bond acceptors (Lipinski definition) is 6. The van der Waals surface area contributed by atoms with Crippen molar-refractivity contribution in [2.75, 3.05) is 21.3 Å². The lowest BCUT2D eigenvalue weighted by molar-refractivity contribution is 0.0597. The van der Waals surface area contributed by atoms with Crippen molar-refractivity contribution in [3.63, 3.8) is 0 Å². The minimum atomic E-state index is -0.430. The molecule has 0 fully saturated rings. The normalized spacial score (nSPS) is 12.4. The lowest BCUT2D eigenvalue weighted by atomic mass is 10.1. The van der Waals surface area contributed by atoms with Crippen molar-refractivity contribution >= 4 is 23.7 Å². The van der Waals surface area contributed by atoms with Crippen LogP contribution in [0, 0.1) is 0 Å². The zero-order chi connectivity index (χ0) is 25.1. The minimum absolute atomic E-state index is 0.0370. The van der Waals surface area contributed by atoms with Gasteiger partial charge in [-0.3, -0.25) is 19.3 Å². The van der Waals surface area contributed by atoms with Gasteiger partial charge in [0.15, 0.2) is 0 Å². The van der Waals surface area contributed by atoms with Gasteiger partial charge in [-0.15, -0.1) is 0 Å². The van der Waals surface area contributed by atoms with Gasteiger partial charge in [0.05, 0.1) is 43.0 Å². The Morgan fingerprint density at radius 1 is 0.857 bits per heavy atom. The topological polar surface area (TPSA) is 93.2 Å². The summed E-state index contributed by atoms with van der Waals surface area (Å²) >= 11 is 0. The van der Waals surface area contributed by atoms with E-state index in [0.717, 1.165) is 5.56 Å². The van der Waals surface area contributed by atoms with Crippen molar-refractivity contribution in [1.82, 2.24) is 9.80 Å². The second kappa shape index (κ2) is 9.80. The number of amides is 3. The summed E-state index contributed by atoms with van der Waals surface area (Å²) in [6, 6.07) is 18.5. The Morgan fingerprint density at radius 3 is 2.03 bits per heavy atom. The first-order valence-electron chi connectivity index (χ1n) is 10.9. The van der Waals surface area contributed by atoms with Gasteiger partial charge in [0.2, 0.25) is 0 Å². The van der Waals surface area contributed by atoms with Crippen LogP contribution in [-0.4, -0.2) is 54.8 Å². The molecule has 0 radical (unpaired) electrons. The molecule has 1 aliphatic heterocycles. The predicted octanol–water partition coefficient (Wildman–Crippen LogP) is 3.55. The summed E-state index contributed by atoms with van der Waals surface area (Å²) in [4.78, 5) is 53.0.